The number of nitrogens with two attached hydrogens (primary N) is 1. The summed E-state index contributed by atoms with van der Waals surface area (Å²) in [4.78, 5) is 17.2. The molecule has 1 heterocycles. The summed E-state index contributed by atoms with van der Waals surface area (Å²) in [7, 11) is 0. The van der Waals surface area contributed by atoms with Gasteiger partial charge in [0.05, 0.1) is 29.4 Å². The van der Waals surface area contributed by atoms with E-state index in [-0.39, 0.29) is 11.7 Å². The average Bonchev–Trinajstić information content (AvgIpc) is 3.25. The summed E-state index contributed by atoms with van der Waals surface area (Å²) in [6.07, 6.45) is 1.89. The number of carbonyl (C=O) groups is 1. The number of thioether (sulfide) groups is 1. The Morgan fingerprint density at radius 3 is 2.48 bits per heavy atom. The number of allylic oxidation sites excluding steroid dienone is 1. The van der Waals surface area contributed by atoms with E-state index in [0.717, 1.165) is 11.3 Å². The molecule has 0 saturated heterocycles. The average molecular weight is 477 g/mol. The van der Waals surface area contributed by atoms with Crippen LogP contribution in [0.25, 0.3) is 0 Å². The third kappa shape index (κ3) is 5.45. The molecule has 8 heteroatoms. The fourth-order valence-corrected chi connectivity index (χ4v) is 4.05. The van der Waals surface area contributed by atoms with Gasteiger partial charge in [-0.1, -0.05) is 54.1 Å². The lowest BCUT2D eigenvalue weighted by molar-refractivity contribution is -0.134. The van der Waals surface area contributed by atoms with Crippen LogP contribution in [0.15, 0.2) is 100 Å². The number of para-hydroxylation sites is 2. The van der Waals surface area contributed by atoms with Crippen LogP contribution in [0.5, 0.6) is 0 Å². The van der Waals surface area contributed by atoms with E-state index in [0.29, 0.717) is 27.1 Å². The first kappa shape index (κ1) is 22.6. The number of halogens is 1. The van der Waals surface area contributed by atoms with Gasteiger partial charge in [0.1, 0.15) is 5.03 Å². The highest BCUT2D eigenvalue weighted by atomic mass is 35.5. The second-order valence-electron chi connectivity index (χ2n) is 6.92. The fraction of sp³-hybridized carbons (Fsp3) is 0.0800. The molecule has 33 heavy (non-hydrogen) atoms. The van der Waals surface area contributed by atoms with Crippen molar-refractivity contribution in [2.45, 2.75) is 6.92 Å². The van der Waals surface area contributed by atoms with Crippen molar-refractivity contribution in [2.24, 2.45) is 10.1 Å². The normalized spacial score (nSPS) is 15.0. The molecule has 3 aromatic rings. The Kier molecular flexibility index (Phi) is 7.12. The molecular weight excluding hydrogens is 456 g/mol. The van der Waals surface area contributed by atoms with Crippen molar-refractivity contribution in [3.63, 3.8) is 0 Å². The zero-order chi connectivity index (χ0) is 23.2. The van der Waals surface area contributed by atoms with Crippen LogP contribution in [0.1, 0.15) is 12.5 Å². The van der Waals surface area contributed by atoms with Crippen molar-refractivity contribution in [1.82, 2.24) is 0 Å². The first-order valence-corrected chi connectivity index (χ1v) is 11.4. The summed E-state index contributed by atoms with van der Waals surface area (Å²) in [6.45, 7) is 2.03. The van der Waals surface area contributed by atoms with Crippen LogP contribution in [0.4, 0.5) is 17.1 Å². The lowest BCUT2D eigenvalue weighted by atomic mass is 10.1. The van der Waals surface area contributed by atoms with Gasteiger partial charge >= 0.3 is 5.97 Å². The van der Waals surface area contributed by atoms with Crippen LogP contribution in [0.3, 0.4) is 0 Å². The van der Waals surface area contributed by atoms with Crippen molar-refractivity contribution >= 4 is 57.1 Å². The number of rotatable bonds is 6. The molecule has 0 amide bonds. The molecule has 6 nitrogen and oxygen atoms in total. The van der Waals surface area contributed by atoms with Crippen LogP contribution in [-0.4, -0.2) is 23.3 Å². The third-order valence-corrected chi connectivity index (χ3v) is 5.82. The lowest BCUT2D eigenvalue weighted by Gasteiger charge is -2.16. The van der Waals surface area contributed by atoms with Crippen LogP contribution in [0.2, 0.25) is 5.02 Å². The minimum absolute atomic E-state index is 0.240. The van der Waals surface area contributed by atoms with Gasteiger partial charge in [0.25, 0.3) is 0 Å². The van der Waals surface area contributed by atoms with Crippen LogP contribution in [0, 0.1) is 0 Å². The number of esters is 1. The number of anilines is 2. The van der Waals surface area contributed by atoms with E-state index in [9.17, 15) is 4.79 Å². The molecule has 1 aliphatic rings. The molecule has 2 N–H and O–H groups in total. The standard InChI is InChI=1S/C25H21ClN4O2S/c1-2-32-25(31)24-29-30(19-14-12-18(26)13-15-19)23(33-24)16-22(17-8-4-3-5-9-17)28-21-11-7-6-10-20(21)27/h3-16H,2,27H2,1H3/b23-16-,28-22?. The number of benzene rings is 3. The van der Waals surface area contributed by atoms with Gasteiger partial charge in [0, 0.05) is 10.6 Å². The fourth-order valence-electron chi connectivity index (χ4n) is 3.06. The maximum Gasteiger partial charge on any atom is 0.365 e. The molecule has 0 aromatic heterocycles. The Labute approximate surface area is 201 Å². The first-order chi connectivity index (χ1) is 16.0. The molecule has 4 rings (SSSR count). The van der Waals surface area contributed by atoms with Gasteiger partial charge in [-0.15, -0.1) is 0 Å². The van der Waals surface area contributed by atoms with E-state index in [4.69, 9.17) is 27.1 Å². The molecule has 0 unspecified atom stereocenters. The van der Waals surface area contributed by atoms with Crippen LogP contribution >= 0.6 is 23.4 Å². The number of hydrazone groups is 1. The number of nitrogens with zero attached hydrogens (tertiary/aromatic N) is 3. The Bertz CT molecular complexity index is 1240. The predicted molar refractivity (Wildman–Crippen MR) is 137 cm³/mol. The minimum Gasteiger partial charge on any atom is -0.461 e. The predicted octanol–water partition coefficient (Wildman–Crippen LogP) is 6.01. The second-order valence-corrected chi connectivity index (χ2v) is 8.37. The number of aliphatic imine (C=N–C) groups is 1. The summed E-state index contributed by atoms with van der Waals surface area (Å²) in [6, 6.07) is 24.4. The quantitative estimate of drug-likeness (QED) is 0.267. The van der Waals surface area contributed by atoms with Gasteiger partial charge in [0.15, 0.2) is 0 Å². The first-order valence-electron chi connectivity index (χ1n) is 10.2. The van der Waals surface area contributed by atoms with E-state index in [1.165, 1.54) is 11.8 Å². The van der Waals surface area contributed by atoms with Crippen molar-refractivity contribution in [1.29, 1.82) is 0 Å². The molecule has 0 fully saturated rings. The molecule has 166 valence electrons. The van der Waals surface area contributed by atoms with Crippen molar-refractivity contribution < 1.29 is 9.53 Å². The van der Waals surface area contributed by atoms with E-state index in [2.05, 4.69) is 5.10 Å². The lowest BCUT2D eigenvalue weighted by Crippen LogP contribution is -2.13. The SMILES string of the molecule is CCOC(=O)C1=NN(c2ccc(Cl)cc2)/C(=C/C(=Nc2ccccc2N)c2ccccc2)S1. The number of nitrogen functional groups attached to an aromatic ring is 1. The number of hydrogen-bond acceptors (Lipinski definition) is 7. The molecule has 0 atom stereocenters. The highest BCUT2D eigenvalue weighted by molar-refractivity contribution is 8.19. The van der Waals surface area contributed by atoms with Gasteiger partial charge in [-0.3, -0.25) is 0 Å². The third-order valence-electron chi connectivity index (χ3n) is 4.63. The van der Waals surface area contributed by atoms with Crippen molar-refractivity contribution in [2.75, 3.05) is 17.3 Å². The molecule has 0 aliphatic carbocycles. The number of carbonyl (C=O) groups excluding carboxylic acids is 1. The van der Waals surface area contributed by atoms with Crippen molar-refractivity contribution in [3.8, 4) is 0 Å². The van der Waals surface area contributed by atoms with E-state index < -0.39 is 5.97 Å². The molecule has 3 aromatic carbocycles. The van der Waals surface area contributed by atoms with Gasteiger partial charge < -0.3 is 10.5 Å². The molecular formula is C25H21ClN4O2S. The highest BCUT2D eigenvalue weighted by Crippen LogP contribution is 2.36. The Balaban J connectivity index is 1.81. The van der Waals surface area contributed by atoms with Crippen LogP contribution in [-0.2, 0) is 9.53 Å². The zero-order valence-corrected chi connectivity index (χ0v) is 19.4. The molecule has 0 bridgehead atoms. The topological polar surface area (TPSA) is 80.3 Å². The van der Waals surface area contributed by atoms with Gasteiger partial charge in [0.2, 0.25) is 5.04 Å². The van der Waals surface area contributed by atoms with Gasteiger partial charge in [-0.2, -0.15) is 5.10 Å². The summed E-state index contributed by atoms with van der Waals surface area (Å²) >= 11 is 7.29. The van der Waals surface area contributed by atoms with E-state index in [1.807, 2.05) is 66.7 Å². The number of hydrogen-bond donors (Lipinski definition) is 1. The van der Waals surface area contributed by atoms with Gasteiger partial charge in [-0.25, -0.2) is 14.8 Å². The largest absolute Gasteiger partial charge is 0.461 e. The Morgan fingerprint density at radius 1 is 1.09 bits per heavy atom. The van der Waals surface area contributed by atoms with Gasteiger partial charge in [-0.05, 0) is 61.2 Å². The van der Waals surface area contributed by atoms with Crippen molar-refractivity contribution in [3.05, 3.63) is 101 Å². The molecule has 0 spiro atoms. The Hall–Kier alpha value is -3.55. The second kappa shape index (κ2) is 10.4. The maximum atomic E-state index is 12.4. The summed E-state index contributed by atoms with van der Waals surface area (Å²) in [5, 5.41) is 7.73. The summed E-state index contributed by atoms with van der Waals surface area (Å²) in [5.74, 6) is -0.477. The molecule has 0 saturated carbocycles. The smallest absolute Gasteiger partial charge is 0.365 e. The molecule has 1 aliphatic heterocycles. The summed E-state index contributed by atoms with van der Waals surface area (Å²) in [5.41, 5.74) is 9.69. The van der Waals surface area contributed by atoms with E-state index >= 15 is 0 Å². The monoisotopic (exact) mass is 476 g/mol. The Morgan fingerprint density at radius 2 is 1.79 bits per heavy atom. The van der Waals surface area contributed by atoms with E-state index in [1.54, 1.807) is 30.1 Å². The maximum absolute atomic E-state index is 12.4. The minimum atomic E-state index is -0.477. The molecule has 0 radical (unpaired) electrons. The number of ether oxygens (including phenoxy) is 1. The highest BCUT2D eigenvalue weighted by Gasteiger charge is 2.29. The zero-order valence-electron chi connectivity index (χ0n) is 17.8. The van der Waals surface area contributed by atoms with Crippen LogP contribution < -0.4 is 10.7 Å². The summed E-state index contributed by atoms with van der Waals surface area (Å²) < 4.78 is 5.17.